The summed E-state index contributed by atoms with van der Waals surface area (Å²) in [5, 5.41) is 1.50. The lowest BCUT2D eigenvalue weighted by atomic mass is 9.92. The van der Waals surface area contributed by atoms with Crippen LogP contribution >= 0.6 is 23.4 Å². The van der Waals surface area contributed by atoms with Crippen LogP contribution in [0.4, 0.5) is 0 Å². The van der Waals surface area contributed by atoms with Gasteiger partial charge in [0, 0.05) is 31.8 Å². The lowest BCUT2D eigenvalue weighted by Gasteiger charge is -2.35. The fourth-order valence-electron chi connectivity index (χ4n) is 3.67. The molecule has 1 aromatic carbocycles. The first-order valence-electron chi connectivity index (χ1n) is 9.03. The van der Waals surface area contributed by atoms with Crippen LogP contribution in [-0.4, -0.2) is 52.9 Å². The van der Waals surface area contributed by atoms with Gasteiger partial charge in [0.15, 0.2) is 5.16 Å². The molecule has 7 heteroatoms. The van der Waals surface area contributed by atoms with Crippen LogP contribution in [-0.2, 0) is 16.1 Å². The summed E-state index contributed by atoms with van der Waals surface area (Å²) in [5.74, 6) is 1.74. The third-order valence-corrected chi connectivity index (χ3v) is 5.94. The van der Waals surface area contributed by atoms with Crippen molar-refractivity contribution in [1.29, 1.82) is 0 Å². The van der Waals surface area contributed by atoms with E-state index < -0.39 is 0 Å². The largest absolute Gasteiger partial charge is 0.383 e. The molecule has 0 N–H and O–H groups in total. The minimum atomic E-state index is 0.191. The molecule has 26 heavy (non-hydrogen) atoms. The van der Waals surface area contributed by atoms with Gasteiger partial charge in [-0.05, 0) is 36.5 Å². The van der Waals surface area contributed by atoms with E-state index in [-0.39, 0.29) is 5.91 Å². The lowest BCUT2D eigenvalue weighted by molar-refractivity contribution is -0.130. The van der Waals surface area contributed by atoms with Gasteiger partial charge in [0.2, 0.25) is 5.91 Å². The van der Waals surface area contributed by atoms with Crippen molar-refractivity contribution in [2.75, 3.05) is 32.6 Å². The van der Waals surface area contributed by atoms with E-state index in [4.69, 9.17) is 16.3 Å². The maximum atomic E-state index is 12.7. The van der Waals surface area contributed by atoms with Crippen LogP contribution < -0.4 is 0 Å². The maximum absolute atomic E-state index is 12.7. The number of carbonyl (C=O) groups is 1. The topological polar surface area (TPSA) is 47.4 Å². The number of rotatable bonds is 6. The molecule has 1 amide bonds. The van der Waals surface area contributed by atoms with Crippen molar-refractivity contribution in [3.05, 3.63) is 23.2 Å². The van der Waals surface area contributed by atoms with Crippen LogP contribution in [0.5, 0.6) is 0 Å². The zero-order chi connectivity index (χ0) is 18.7. The average molecular weight is 396 g/mol. The number of imidazole rings is 1. The lowest BCUT2D eigenvalue weighted by Crippen LogP contribution is -2.43. The Morgan fingerprint density at radius 1 is 1.35 bits per heavy atom. The van der Waals surface area contributed by atoms with E-state index in [9.17, 15) is 4.79 Å². The summed E-state index contributed by atoms with van der Waals surface area (Å²) in [6.45, 7) is 7.45. The standard InChI is InChI=1S/C19H26ClN3O2S/c1-13-8-14(2)11-22(10-13)18(24)12-26-19-21-16-9-15(20)4-5-17(16)23(19)6-7-25-3/h4-5,9,13-14H,6-8,10-12H2,1-3H3. The Balaban J connectivity index is 1.74. The van der Waals surface area contributed by atoms with E-state index in [0.717, 1.165) is 29.3 Å². The number of piperidine rings is 1. The molecule has 1 aliphatic rings. The summed E-state index contributed by atoms with van der Waals surface area (Å²) in [7, 11) is 1.69. The number of hydrogen-bond donors (Lipinski definition) is 0. The first-order valence-corrected chi connectivity index (χ1v) is 10.4. The van der Waals surface area contributed by atoms with E-state index in [1.807, 2.05) is 23.1 Å². The number of methoxy groups -OCH3 is 1. The molecule has 2 unspecified atom stereocenters. The zero-order valence-corrected chi connectivity index (χ0v) is 17.1. The van der Waals surface area contributed by atoms with Crippen LogP contribution in [0.3, 0.4) is 0 Å². The molecule has 1 aromatic heterocycles. The Morgan fingerprint density at radius 2 is 2.08 bits per heavy atom. The van der Waals surface area contributed by atoms with E-state index in [1.165, 1.54) is 18.2 Å². The second-order valence-corrected chi connectivity index (χ2v) is 8.58. The molecule has 0 radical (unpaired) electrons. The fourth-order valence-corrected chi connectivity index (χ4v) is 4.78. The number of carbonyl (C=O) groups excluding carboxylic acids is 1. The Kier molecular flexibility index (Phi) is 6.48. The van der Waals surface area contributed by atoms with Gasteiger partial charge >= 0.3 is 0 Å². The third-order valence-electron chi connectivity index (χ3n) is 4.74. The SMILES string of the molecule is COCCn1c(SCC(=O)N2CC(C)CC(C)C2)nc2cc(Cl)ccc21. The first kappa shape index (κ1) is 19.5. The average Bonchev–Trinajstić information content (AvgIpc) is 2.93. The summed E-state index contributed by atoms with van der Waals surface area (Å²) < 4.78 is 7.33. The molecule has 0 bridgehead atoms. The summed E-state index contributed by atoms with van der Waals surface area (Å²) >= 11 is 7.59. The quantitative estimate of drug-likeness (QED) is 0.695. The van der Waals surface area contributed by atoms with Gasteiger partial charge in [0.25, 0.3) is 0 Å². The molecule has 3 rings (SSSR count). The third kappa shape index (κ3) is 4.53. The van der Waals surface area contributed by atoms with Gasteiger partial charge in [-0.3, -0.25) is 4.79 Å². The van der Waals surface area contributed by atoms with Crippen molar-refractivity contribution in [3.63, 3.8) is 0 Å². The number of ether oxygens (including phenoxy) is 1. The smallest absolute Gasteiger partial charge is 0.233 e. The van der Waals surface area contributed by atoms with Crippen molar-refractivity contribution < 1.29 is 9.53 Å². The van der Waals surface area contributed by atoms with Gasteiger partial charge in [-0.2, -0.15) is 0 Å². The fraction of sp³-hybridized carbons (Fsp3) is 0.579. The molecular formula is C19H26ClN3O2S. The van der Waals surface area contributed by atoms with Gasteiger partial charge < -0.3 is 14.2 Å². The summed E-state index contributed by atoms with van der Waals surface area (Å²) in [5.41, 5.74) is 1.87. The Bertz CT molecular complexity index is 769. The molecule has 2 aromatic rings. The minimum Gasteiger partial charge on any atom is -0.383 e. The predicted molar refractivity (Wildman–Crippen MR) is 107 cm³/mol. The molecule has 0 saturated carbocycles. The molecule has 0 aliphatic carbocycles. The highest BCUT2D eigenvalue weighted by molar-refractivity contribution is 7.99. The van der Waals surface area contributed by atoms with E-state index >= 15 is 0 Å². The van der Waals surface area contributed by atoms with Gasteiger partial charge in [0.05, 0.1) is 23.4 Å². The number of halogens is 1. The molecule has 2 heterocycles. The number of thioether (sulfide) groups is 1. The van der Waals surface area contributed by atoms with Crippen molar-refractivity contribution in [2.24, 2.45) is 11.8 Å². The van der Waals surface area contributed by atoms with Gasteiger partial charge in [-0.15, -0.1) is 0 Å². The molecule has 142 valence electrons. The van der Waals surface area contributed by atoms with Crippen molar-refractivity contribution in [2.45, 2.75) is 32.0 Å². The minimum absolute atomic E-state index is 0.191. The Labute approximate surface area is 164 Å². The Morgan fingerprint density at radius 3 is 2.77 bits per heavy atom. The van der Waals surface area contributed by atoms with Crippen molar-refractivity contribution in [1.82, 2.24) is 14.5 Å². The normalized spacial score (nSPS) is 20.7. The number of likely N-dealkylation sites (tertiary alicyclic amines) is 1. The van der Waals surface area contributed by atoms with Gasteiger partial charge in [-0.1, -0.05) is 37.2 Å². The highest BCUT2D eigenvalue weighted by atomic mass is 35.5. The summed E-state index contributed by atoms with van der Waals surface area (Å²) in [6.07, 6.45) is 1.20. The molecular weight excluding hydrogens is 370 g/mol. The zero-order valence-electron chi connectivity index (χ0n) is 15.6. The number of aromatic nitrogens is 2. The van der Waals surface area contributed by atoms with Gasteiger partial charge in [0.1, 0.15) is 0 Å². The number of nitrogens with zero attached hydrogens (tertiary/aromatic N) is 3. The molecule has 2 atom stereocenters. The van der Waals surface area contributed by atoms with Crippen LogP contribution in [0.1, 0.15) is 20.3 Å². The molecule has 1 aliphatic heterocycles. The van der Waals surface area contributed by atoms with Crippen molar-refractivity contribution in [3.8, 4) is 0 Å². The highest BCUT2D eigenvalue weighted by Crippen LogP contribution is 2.27. The number of benzene rings is 1. The summed E-state index contributed by atoms with van der Waals surface area (Å²) in [6, 6.07) is 5.70. The Hall–Kier alpha value is -1.24. The van der Waals surface area contributed by atoms with Crippen LogP contribution in [0.15, 0.2) is 23.4 Å². The highest BCUT2D eigenvalue weighted by Gasteiger charge is 2.25. The van der Waals surface area contributed by atoms with Crippen LogP contribution in [0, 0.1) is 11.8 Å². The number of hydrogen-bond acceptors (Lipinski definition) is 4. The van der Waals surface area contributed by atoms with Crippen molar-refractivity contribution >= 4 is 40.3 Å². The maximum Gasteiger partial charge on any atom is 0.233 e. The summed E-state index contributed by atoms with van der Waals surface area (Å²) in [4.78, 5) is 19.4. The van der Waals surface area contributed by atoms with E-state index in [2.05, 4.69) is 23.4 Å². The first-order chi connectivity index (χ1) is 12.5. The number of fused-ring (bicyclic) bond motifs is 1. The molecule has 1 saturated heterocycles. The monoisotopic (exact) mass is 395 g/mol. The number of amides is 1. The predicted octanol–water partition coefficient (Wildman–Crippen LogP) is 3.93. The second-order valence-electron chi connectivity index (χ2n) is 7.21. The molecule has 5 nitrogen and oxygen atoms in total. The van der Waals surface area contributed by atoms with Crippen LogP contribution in [0.2, 0.25) is 5.02 Å². The van der Waals surface area contributed by atoms with E-state index in [0.29, 0.717) is 35.8 Å². The van der Waals surface area contributed by atoms with E-state index in [1.54, 1.807) is 7.11 Å². The molecule has 0 spiro atoms. The van der Waals surface area contributed by atoms with Gasteiger partial charge in [-0.25, -0.2) is 4.98 Å². The second kappa shape index (κ2) is 8.63. The van der Waals surface area contributed by atoms with Crippen LogP contribution in [0.25, 0.3) is 11.0 Å². The molecule has 1 fully saturated rings.